The molecule has 4 nitrogen and oxygen atoms in total. The van der Waals surface area contributed by atoms with Gasteiger partial charge in [-0.25, -0.2) is 13.1 Å². The average Bonchev–Trinajstić information content (AvgIpc) is 2.32. The molecule has 0 bridgehead atoms. The van der Waals surface area contributed by atoms with E-state index in [1.54, 1.807) is 0 Å². The molecule has 0 radical (unpaired) electrons. The molecular weight excluding hydrogens is 248 g/mol. The van der Waals surface area contributed by atoms with Crippen LogP contribution < -0.4 is 10.0 Å². The van der Waals surface area contributed by atoms with E-state index in [1.807, 2.05) is 0 Å². The Morgan fingerprint density at radius 1 is 1.06 bits per heavy atom. The monoisotopic (exact) mass is 278 g/mol. The molecule has 18 heavy (non-hydrogen) atoms. The molecule has 0 fully saturated rings. The smallest absolute Gasteiger partial charge is 0.211 e. The van der Waals surface area contributed by atoms with Gasteiger partial charge in [-0.15, -0.1) is 0 Å². The van der Waals surface area contributed by atoms with Crippen LogP contribution in [0.5, 0.6) is 0 Å². The maximum absolute atomic E-state index is 11.8. The van der Waals surface area contributed by atoms with Gasteiger partial charge in [-0.05, 0) is 44.2 Å². The lowest BCUT2D eigenvalue weighted by Crippen LogP contribution is -2.35. The number of unbranched alkanes of at least 4 members (excludes halogenated alkanes) is 1. The first kappa shape index (κ1) is 17.9. The van der Waals surface area contributed by atoms with Crippen LogP contribution in [0.1, 0.15) is 53.4 Å². The maximum Gasteiger partial charge on any atom is 0.211 e. The first-order valence-corrected chi connectivity index (χ1v) is 8.66. The van der Waals surface area contributed by atoms with Gasteiger partial charge in [0, 0.05) is 6.54 Å². The zero-order valence-corrected chi connectivity index (χ0v) is 13.2. The normalized spacial score (nSPS) is 12.9. The summed E-state index contributed by atoms with van der Waals surface area (Å²) in [4.78, 5) is 0. The van der Waals surface area contributed by atoms with Crippen molar-refractivity contribution in [3.8, 4) is 0 Å². The van der Waals surface area contributed by atoms with Crippen LogP contribution in [0.25, 0.3) is 0 Å². The van der Waals surface area contributed by atoms with Gasteiger partial charge >= 0.3 is 0 Å². The Labute approximate surface area is 113 Å². The van der Waals surface area contributed by atoms with Crippen molar-refractivity contribution < 1.29 is 8.42 Å². The van der Waals surface area contributed by atoms with Crippen molar-refractivity contribution in [2.24, 2.45) is 5.41 Å². The van der Waals surface area contributed by atoms with E-state index < -0.39 is 10.0 Å². The van der Waals surface area contributed by atoms with Crippen molar-refractivity contribution in [1.82, 2.24) is 10.0 Å². The first-order valence-electron chi connectivity index (χ1n) is 7.01. The fourth-order valence-electron chi connectivity index (χ4n) is 1.35. The third-order valence-electron chi connectivity index (χ3n) is 3.17. The van der Waals surface area contributed by atoms with Crippen molar-refractivity contribution in [3.05, 3.63) is 0 Å². The largest absolute Gasteiger partial charge is 0.317 e. The Kier molecular flexibility index (Phi) is 8.82. The van der Waals surface area contributed by atoms with Gasteiger partial charge in [0.25, 0.3) is 0 Å². The second kappa shape index (κ2) is 8.88. The number of hydrogen-bond donors (Lipinski definition) is 2. The van der Waals surface area contributed by atoms with E-state index in [0.717, 1.165) is 38.8 Å². The van der Waals surface area contributed by atoms with E-state index in [-0.39, 0.29) is 11.2 Å². The molecule has 0 aliphatic heterocycles. The standard InChI is InChI=1S/C13H30N2O2S/c1-5-9-14-10-7-8-11-18(16,17)15-12-13(3,4)6-2/h14-15H,5-12H2,1-4H3. The molecular formula is C13H30N2O2S. The molecule has 0 amide bonds. The van der Waals surface area contributed by atoms with Crippen molar-refractivity contribution in [2.75, 3.05) is 25.4 Å². The molecule has 0 aliphatic rings. The molecule has 0 heterocycles. The maximum atomic E-state index is 11.8. The number of nitrogens with one attached hydrogen (secondary N) is 2. The highest BCUT2D eigenvalue weighted by Gasteiger charge is 2.18. The predicted molar refractivity (Wildman–Crippen MR) is 78.3 cm³/mol. The van der Waals surface area contributed by atoms with Crippen LogP contribution in [-0.4, -0.2) is 33.8 Å². The van der Waals surface area contributed by atoms with E-state index in [2.05, 4.69) is 37.7 Å². The third-order valence-corrected chi connectivity index (χ3v) is 4.58. The molecule has 2 N–H and O–H groups in total. The number of rotatable bonds is 11. The summed E-state index contributed by atoms with van der Waals surface area (Å²) < 4.78 is 26.2. The summed E-state index contributed by atoms with van der Waals surface area (Å²) >= 11 is 0. The topological polar surface area (TPSA) is 58.2 Å². The molecule has 0 spiro atoms. The fraction of sp³-hybridized carbons (Fsp3) is 1.00. The molecule has 5 heteroatoms. The molecule has 0 saturated carbocycles. The van der Waals surface area contributed by atoms with Crippen LogP contribution in [0.2, 0.25) is 0 Å². The van der Waals surface area contributed by atoms with Gasteiger partial charge < -0.3 is 5.32 Å². The number of hydrogen-bond acceptors (Lipinski definition) is 3. The lowest BCUT2D eigenvalue weighted by molar-refractivity contribution is 0.350. The minimum atomic E-state index is -3.10. The summed E-state index contributed by atoms with van der Waals surface area (Å²) in [5.74, 6) is 0.237. The molecule has 0 rings (SSSR count). The van der Waals surface area contributed by atoms with Crippen LogP contribution >= 0.6 is 0 Å². The van der Waals surface area contributed by atoms with E-state index in [0.29, 0.717) is 6.54 Å². The number of sulfonamides is 1. The Morgan fingerprint density at radius 2 is 1.72 bits per heavy atom. The SMILES string of the molecule is CCCNCCCCS(=O)(=O)NCC(C)(C)CC. The highest BCUT2D eigenvalue weighted by atomic mass is 32.2. The summed E-state index contributed by atoms with van der Waals surface area (Å²) in [6.45, 7) is 10.8. The predicted octanol–water partition coefficient (Wildman–Crippen LogP) is 2.12. The van der Waals surface area contributed by atoms with Crippen molar-refractivity contribution in [3.63, 3.8) is 0 Å². The van der Waals surface area contributed by atoms with Crippen LogP contribution in [0.4, 0.5) is 0 Å². The van der Waals surface area contributed by atoms with Gasteiger partial charge in [-0.2, -0.15) is 0 Å². The van der Waals surface area contributed by atoms with E-state index in [4.69, 9.17) is 0 Å². The lowest BCUT2D eigenvalue weighted by atomic mass is 9.91. The Balaban J connectivity index is 3.75. The highest BCUT2D eigenvalue weighted by Crippen LogP contribution is 2.18. The molecule has 0 atom stereocenters. The van der Waals surface area contributed by atoms with E-state index in [1.165, 1.54) is 0 Å². The van der Waals surface area contributed by atoms with Gasteiger partial charge in [-0.1, -0.05) is 27.7 Å². The van der Waals surface area contributed by atoms with Crippen LogP contribution in [0.15, 0.2) is 0 Å². The first-order chi connectivity index (χ1) is 8.33. The second-order valence-electron chi connectivity index (χ2n) is 5.61. The summed E-state index contributed by atoms with van der Waals surface area (Å²) in [6, 6.07) is 0. The average molecular weight is 278 g/mol. The van der Waals surface area contributed by atoms with Crippen LogP contribution in [0.3, 0.4) is 0 Å². The lowest BCUT2D eigenvalue weighted by Gasteiger charge is -2.22. The van der Waals surface area contributed by atoms with Gasteiger partial charge in [0.1, 0.15) is 0 Å². The molecule has 0 aromatic rings. The summed E-state index contributed by atoms with van der Waals surface area (Å²) in [5, 5.41) is 3.27. The summed E-state index contributed by atoms with van der Waals surface area (Å²) in [6.07, 6.45) is 3.72. The molecule has 0 saturated heterocycles. The third kappa shape index (κ3) is 9.85. The second-order valence-corrected chi connectivity index (χ2v) is 7.54. The van der Waals surface area contributed by atoms with Gasteiger partial charge in [0.2, 0.25) is 10.0 Å². The van der Waals surface area contributed by atoms with Crippen molar-refractivity contribution in [1.29, 1.82) is 0 Å². The minimum absolute atomic E-state index is 0.0375. The Hall–Kier alpha value is -0.130. The summed E-state index contributed by atoms with van der Waals surface area (Å²) in [7, 11) is -3.10. The van der Waals surface area contributed by atoms with Crippen LogP contribution in [-0.2, 0) is 10.0 Å². The minimum Gasteiger partial charge on any atom is -0.317 e. The Bertz CT molecular complexity index is 300. The zero-order valence-electron chi connectivity index (χ0n) is 12.4. The zero-order chi connectivity index (χ0) is 14.1. The van der Waals surface area contributed by atoms with Crippen LogP contribution in [0, 0.1) is 5.41 Å². The van der Waals surface area contributed by atoms with Gasteiger partial charge in [0.15, 0.2) is 0 Å². The van der Waals surface area contributed by atoms with E-state index in [9.17, 15) is 8.42 Å². The summed E-state index contributed by atoms with van der Waals surface area (Å²) in [5.41, 5.74) is 0.0375. The van der Waals surface area contributed by atoms with Crippen molar-refractivity contribution >= 4 is 10.0 Å². The van der Waals surface area contributed by atoms with E-state index >= 15 is 0 Å². The molecule has 0 unspecified atom stereocenters. The quantitative estimate of drug-likeness (QED) is 0.569. The van der Waals surface area contributed by atoms with Crippen molar-refractivity contribution in [2.45, 2.75) is 53.4 Å². The molecule has 0 aromatic carbocycles. The fourth-order valence-corrected chi connectivity index (χ4v) is 2.69. The molecule has 0 aliphatic carbocycles. The van der Waals surface area contributed by atoms with Gasteiger partial charge in [0.05, 0.1) is 5.75 Å². The molecule has 110 valence electrons. The molecule has 0 aromatic heterocycles. The highest BCUT2D eigenvalue weighted by molar-refractivity contribution is 7.89. The Morgan fingerprint density at radius 3 is 2.28 bits per heavy atom. The van der Waals surface area contributed by atoms with Gasteiger partial charge in [-0.3, -0.25) is 0 Å².